The predicted molar refractivity (Wildman–Crippen MR) is 108 cm³/mol. The number of phenolic OH excluding ortho intramolecular Hbond substituents is 1. The van der Waals surface area contributed by atoms with Gasteiger partial charge in [0.15, 0.2) is 17.5 Å². The fourth-order valence-electron chi connectivity index (χ4n) is 2.49. The van der Waals surface area contributed by atoms with Gasteiger partial charge in [-0.3, -0.25) is 9.98 Å². The first-order chi connectivity index (χ1) is 13.1. The van der Waals surface area contributed by atoms with E-state index in [1.807, 2.05) is 31.2 Å². The lowest BCUT2D eigenvalue weighted by atomic mass is 10.2. The average molecular weight is 384 g/mol. The monoisotopic (exact) mass is 384 g/mol. The number of aliphatic imine (C=N–C) groups is 2. The van der Waals surface area contributed by atoms with Crippen molar-refractivity contribution < 1.29 is 19.7 Å². The highest BCUT2D eigenvalue weighted by Gasteiger charge is 2.26. The van der Waals surface area contributed by atoms with Gasteiger partial charge in [0.1, 0.15) is 10.8 Å². The number of dihydropyridines is 1. The molecule has 0 fully saturated rings. The lowest BCUT2D eigenvalue weighted by Gasteiger charge is -2.10. The molecule has 0 aromatic heterocycles. The SMILES string of the molecule is CC/C(=C\C=C1/CC=CC(C2=N[C@@H](C(=O)O)CS2)=N1)Oc1ccccc1O. The number of benzene rings is 1. The van der Waals surface area contributed by atoms with E-state index in [1.54, 1.807) is 24.3 Å². The third-order valence-corrected chi connectivity index (χ3v) is 5.01. The van der Waals surface area contributed by atoms with Crippen molar-refractivity contribution in [3.05, 3.63) is 60.0 Å². The van der Waals surface area contributed by atoms with Gasteiger partial charge in [-0.25, -0.2) is 4.79 Å². The Balaban J connectivity index is 1.76. The summed E-state index contributed by atoms with van der Waals surface area (Å²) in [6.45, 7) is 1.97. The van der Waals surface area contributed by atoms with Gasteiger partial charge >= 0.3 is 5.97 Å². The number of thioether (sulfide) groups is 1. The molecule has 6 nitrogen and oxygen atoms in total. The van der Waals surface area contributed by atoms with Crippen LogP contribution in [0, 0.1) is 0 Å². The number of hydrogen-bond acceptors (Lipinski definition) is 6. The van der Waals surface area contributed by atoms with E-state index in [-0.39, 0.29) is 5.75 Å². The molecule has 27 heavy (non-hydrogen) atoms. The summed E-state index contributed by atoms with van der Waals surface area (Å²) in [5.41, 5.74) is 1.52. The smallest absolute Gasteiger partial charge is 0.329 e. The molecule has 0 spiro atoms. The van der Waals surface area contributed by atoms with Crippen molar-refractivity contribution in [1.29, 1.82) is 0 Å². The quantitative estimate of drug-likeness (QED) is 0.725. The number of allylic oxidation sites excluding steroid dienone is 5. The Labute approximate surface area is 161 Å². The molecule has 0 saturated heterocycles. The van der Waals surface area contributed by atoms with Crippen molar-refractivity contribution in [2.24, 2.45) is 9.98 Å². The first-order valence-corrected chi connectivity index (χ1v) is 9.60. The van der Waals surface area contributed by atoms with Gasteiger partial charge in [0.05, 0.1) is 5.71 Å². The van der Waals surface area contributed by atoms with Gasteiger partial charge in [0.25, 0.3) is 0 Å². The molecular formula is C20H20N2O4S. The maximum Gasteiger partial charge on any atom is 0.329 e. The van der Waals surface area contributed by atoms with Crippen LogP contribution in [0.15, 0.2) is 70.0 Å². The van der Waals surface area contributed by atoms with E-state index in [1.165, 1.54) is 11.8 Å². The number of phenols is 1. The molecule has 140 valence electrons. The van der Waals surface area contributed by atoms with E-state index in [4.69, 9.17) is 9.84 Å². The fourth-order valence-corrected chi connectivity index (χ4v) is 3.49. The van der Waals surface area contributed by atoms with Crippen molar-refractivity contribution in [3.8, 4) is 11.5 Å². The van der Waals surface area contributed by atoms with Crippen molar-refractivity contribution in [2.75, 3.05) is 5.75 Å². The summed E-state index contributed by atoms with van der Waals surface area (Å²) in [6.07, 6.45) is 8.90. The highest BCUT2D eigenvalue weighted by molar-refractivity contribution is 8.16. The van der Waals surface area contributed by atoms with Gasteiger partial charge in [-0.2, -0.15) is 0 Å². The third kappa shape index (κ3) is 4.89. The maximum atomic E-state index is 11.0. The molecule has 0 unspecified atom stereocenters. The summed E-state index contributed by atoms with van der Waals surface area (Å²) in [4.78, 5) is 19.9. The minimum absolute atomic E-state index is 0.0923. The van der Waals surface area contributed by atoms with Gasteiger partial charge in [-0.1, -0.05) is 25.1 Å². The minimum Gasteiger partial charge on any atom is -0.504 e. The number of hydrogen-bond donors (Lipinski definition) is 2. The molecule has 0 radical (unpaired) electrons. The first-order valence-electron chi connectivity index (χ1n) is 8.61. The largest absolute Gasteiger partial charge is 0.504 e. The molecule has 2 heterocycles. The van der Waals surface area contributed by atoms with Gasteiger partial charge in [0.2, 0.25) is 0 Å². The highest BCUT2D eigenvalue weighted by atomic mass is 32.2. The van der Waals surface area contributed by atoms with Crippen LogP contribution in [0.3, 0.4) is 0 Å². The van der Waals surface area contributed by atoms with Gasteiger partial charge < -0.3 is 14.9 Å². The Kier molecular flexibility index (Phi) is 6.13. The second kappa shape index (κ2) is 8.73. The van der Waals surface area contributed by atoms with Crippen molar-refractivity contribution in [3.63, 3.8) is 0 Å². The number of aliphatic carboxylic acids is 1. The number of aromatic hydroxyl groups is 1. The van der Waals surface area contributed by atoms with Crippen LogP contribution in [-0.4, -0.2) is 38.7 Å². The van der Waals surface area contributed by atoms with Crippen molar-refractivity contribution in [2.45, 2.75) is 25.8 Å². The number of nitrogens with zero attached hydrogens (tertiary/aromatic N) is 2. The van der Waals surface area contributed by atoms with E-state index in [9.17, 15) is 9.90 Å². The van der Waals surface area contributed by atoms with Crippen molar-refractivity contribution in [1.82, 2.24) is 0 Å². The summed E-state index contributed by atoms with van der Waals surface area (Å²) in [7, 11) is 0. The van der Waals surface area contributed by atoms with E-state index < -0.39 is 12.0 Å². The van der Waals surface area contributed by atoms with Crippen LogP contribution >= 0.6 is 11.8 Å². The molecule has 2 aliphatic heterocycles. The summed E-state index contributed by atoms with van der Waals surface area (Å²) in [6, 6.07) is 6.12. The van der Waals surface area contributed by atoms with E-state index in [0.717, 1.165) is 5.70 Å². The number of carboxylic acid groups (broad SMARTS) is 1. The highest BCUT2D eigenvalue weighted by Crippen LogP contribution is 2.27. The summed E-state index contributed by atoms with van der Waals surface area (Å²) >= 11 is 1.41. The van der Waals surface area contributed by atoms with Crippen LogP contribution in [0.2, 0.25) is 0 Å². The van der Waals surface area contributed by atoms with Crippen LogP contribution in [0.1, 0.15) is 19.8 Å². The number of rotatable bonds is 6. The number of carbonyl (C=O) groups is 1. The zero-order valence-corrected chi connectivity index (χ0v) is 15.6. The Morgan fingerprint density at radius 1 is 1.41 bits per heavy atom. The Morgan fingerprint density at radius 2 is 2.22 bits per heavy atom. The van der Waals surface area contributed by atoms with E-state index in [2.05, 4.69) is 9.98 Å². The zero-order chi connectivity index (χ0) is 19.2. The van der Waals surface area contributed by atoms with Crippen LogP contribution in [0.4, 0.5) is 0 Å². The standard InChI is InChI=1S/C20H20N2O4S/c1-2-14(26-18-9-4-3-8-17(18)23)11-10-13-6-5-7-15(21-13)19-22-16(12-27-19)20(24)25/h3-5,7-11,16,23H,2,6,12H2,1H3,(H,24,25)/b13-10+,14-11+/t16-/m1/s1. The lowest BCUT2D eigenvalue weighted by Crippen LogP contribution is -2.17. The van der Waals surface area contributed by atoms with Crippen LogP contribution in [0.5, 0.6) is 11.5 Å². The minimum atomic E-state index is -0.912. The lowest BCUT2D eigenvalue weighted by molar-refractivity contribution is -0.137. The molecule has 2 N–H and O–H groups in total. The van der Waals surface area contributed by atoms with E-state index in [0.29, 0.717) is 40.9 Å². The molecule has 3 rings (SSSR count). The summed E-state index contributed by atoms with van der Waals surface area (Å²) in [5, 5.41) is 19.6. The molecular weight excluding hydrogens is 364 g/mol. The molecule has 1 aromatic carbocycles. The number of carboxylic acids is 1. The number of para-hydroxylation sites is 2. The predicted octanol–water partition coefficient (Wildman–Crippen LogP) is 3.95. The second-order valence-electron chi connectivity index (χ2n) is 5.92. The van der Waals surface area contributed by atoms with Crippen LogP contribution in [0.25, 0.3) is 0 Å². The van der Waals surface area contributed by atoms with Crippen molar-refractivity contribution >= 4 is 28.5 Å². The molecule has 1 aromatic rings. The second-order valence-corrected chi connectivity index (χ2v) is 6.93. The molecule has 0 saturated carbocycles. The molecule has 0 bridgehead atoms. The molecule has 0 amide bonds. The molecule has 2 aliphatic rings. The van der Waals surface area contributed by atoms with Gasteiger partial charge in [-0.15, -0.1) is 11.8 Å². The average Bonchev–Trinajstić information content (AvgIpc) is 3.17. The molecule has 7 heteroatoms. The van der Waals surface area contributed by atoms with Crippen LogP contribution in [-0.2, 0) is 4.79 Å². The fraction of sp³-hybridized carbons (Fsp3) is 0.250. The third-order valence-electron chi connectivity index (χ3n) is 3.94. The van der Waals surface area contributed by atoms with Crippen LogP contribution < -0.4 is 4.74 Å². The van der Waals surface area contributed by atoms with Gasteiger partial charge in [-0.05, 0) is 30.4 Å². The normalized spacial score (nSPS) is 21.1. The summed E-state index contributed by atoms with van der Waals surface area (Å²) in [5.74, 6) is 0.729. The maximum absolute atomic E-state index is 11.0. The zero-order valence-electron chi connectivity index (χ0n) is 14.8. The Hall–Kier alpha value is -2.80. The Bertz CT molecular complexity index is 884. The topological polar surface area (TPSA) is 91.5 Å². The summed E-state index contributed by atoms with van der Waals surface area (Å²) < 4.78 is 5.76. The molecule has 0 aliphatic carbocycles. The Morgan fingerprint density at radius 3 is 2.93 bits per heavy atom. The number of ether oxygens (including phenoxy) is 1. The van der Waals surface area contributed by atoms with E-state index >= 15 is 0 Å². The molecule has 1 atom stereocenters. The van der Waals surface area contributed by atoms with Gasteiger partial charge in [0, 0.05) is 24.3 Å². The first kappa shape index (κ1) is 19.0.